The fourth-order valence-electron chi connectivity index (χ4n) is 1.55. The van der Waals surface area contributed by atoms with Gasteiger partial charge >= 0.3 is 0 Å². The second-order valence-corrected chi connectivity index (χ2v) is 4.37. The van der Waals surface area contributed by atoms with Crippen LogP contribution >= 0.6 is 0 Å². The van der Waals surface area contributed by atoms with Gasteiger partial charge in [-0.1, -0.05) is 0 Å². The Morgan fingerprint density at radius 2 is 1.83 bits per heavy atom. The number of carbonyl (C=O) groups is 1. The van der Waals surface area contributed by atoms with Crippen molar-refractivity contribution in [2.45, 2.75) is 0 Å². The fraction of sp³-hybridized carbons (Fsp3) is 0.462. The highest BCUT2D eigenvalue weighted by Crippen LogP contribution is 2.16. The molecule has 5 heteroatoms. The number of nitrogens with zero attached hydrogens (tertiary/aromatic N) is 2. The zero-order valence-electron chi connectivity index (χ0n) is 11.2. The highest BCUT2D eigenvalue weighted by molar-refractivity contribution is 5.94. The molecule has 2 N–H and O–H groups in total. The van der Waals surface area contributed by atoms with Crippen molar-refractivity contribution < 1.29 is 9.53 Å². The number of nitrogens with two attached hydrogens (primary N) is 1. The monoisotopic (exact) mass is 251 g/mol. The van der Waals surface area contributed by atoms with Gasteiger partial charge < -0.3 is 20.3 Å². The summed E-state index contributed by atoms with van der Waals surface area (Å²) in [6.07, 6.45) is 0. The van der Waals surface area contributed by atoms with Gasteiger partial charge in [0.25, 0.3) is 5.91 Å². The van der Waals surface area contributed by atoms with Crippen LogP contribution in [-0.2, 0) is 9.53 Å². The molecule has 100 valence electrons. The second kappa shape index (κ2) is 6.98. The van der Waals surface area contributed by atoms with Crippen LogP contribution in [0.5, 0.6) is 0 Å². The number of amides is 1. The number of methoxy groups -OCH3 is 1. The third-order valence-electron chi connectivity index (χ3n) is 2.54. The van der Waals surface area contributed by atoms with E-state index >= 15 is 0 Å². The number of ether oxygens (including phenoxy) is 1. The fourth-order valence-corrected chi connectivity index (χ4v) is 1.55. The number of rotatable bonds is 6. The molecule has 0 atom stereocenters. The zero-order chi connectivity index (χ0) is 13.5. The van der Waals surface area contributed by atoms with Crippen LogP contribution in [0.1, 0.15) is 0 Å². The Hall–Kier alpha value is -1.59. The molecular weight excluding hydrogens is 230 g/mol. The third-order valence-corrected chi connectivity index (χ3v) is 2.54. The van der Waals surface area contributed by atoms with Gasteiger partial charge in [-0.15, -0.1) is 0 Å². The summed E-state index contributed by atoms with van der Waals surface area (Å²) in [5.41, 5.74) is 7.17. The van der Waals surface area contributed by atoms with Crippen molar-refractivity contribution in [1.82, 2.24) is 4.90 Å². The van der Waals surface area contributed by atoms with Crippen molar-refractivity contribution in [1.29, 1.82) is 0 Å². The average Bonchev–Trinajstić information content (AvgIpc) is 2.31. The maximum atomic E-state index is 12.0. The molecule has 0 aromatic heterocycles. The van der Waals surface area contributed by atoms with Gasteiger partial charge in [-0.2, -0.15) is 0 Å². The van der Waals surface area contributed by atoms with Crippen LogP contribution < -0.4 is 10.6 Å². The van der Waals surface area contributed by atoms with E-state index in [4.69, 9.17) is 10.5 Å². The Morgan fingerprint density at radius 3 is 2.33 bits per heavy atom. The maximum Gasteiger partial charge on any atom is 0.252 e. The van der Waals surface area contributed by atoms with Crippen LogP contribution in [-0.4, -0.2) is 51.7 Å². The Kier molecular flexibility index (Phi) is 5.61. The lowest BCUT2D eigenvalue weighted by atomic mass is 10.2. The van der Waals surface area contributed by atoms with Gasteiger partial charge in [-0.3, -0.25) is 4.79 Å². The van der Waals surface area contributed by atoms with E-state index in [9.17, 15) is 4.79 Å². The minimum absolute atomic E-state index is 0.0517. The normalized spacial score (nSPS) is 10.7. The number of hydrogen-bond donors (Lipinski definition) is 1. The van der Waals surface area contributed by atoms with Gasteiger partial charge in [-0.25, -0.2) is 0 Å². The number of likely N-dealkylation sites (N-methyl/N-ethyl adjacent to an activating group) is 1. The van der Waals surface area contributed by atoms with Crippen LogP contribution in [0.2, 0.25) is 0 Å². The van der Waals surface area contributed by atoms with E-state index < -0.39 is 0 Å². The summed E-state index contributed by atoms with van der Waals surface area (Å²) < 4.78 is 4.91. The molecular formula is C13H21N3O2. The number of benzene rings is 1. The first-order chi connectivity index (χ1) is 8.54. The summed E-state index contributed by atoms with van der Waals surface area (Å²) in [7, 11) is 5.47. The topological polar surface area (TPSA) is 58.8 Å². The molecule has 0 saturated heterocycles. The van der Waals surface area contributed by atoms with Crippen LogP contribution in [0, 0.1) is 0 Å². The van der Waals surface area contributed by atoms with E-state index in [1.807, 2.05) is 31.1 Å². The van der Waals surface area contributed by atoms with E-state index in [-0.39, 0.29) is 12.5 Å². The van der Waals surface area contributed by atoms with Gasteiger partial charge in [-0.05, 0) is 38.4 Å². The summed E-state index contributed by atoms with van der Waals surface area (Å²) in [5.74, 6) is -0.0517. The van der Waals surface area contributed by atoms with E-state index in [1.54, 1.807) is 17.0 Å². The van der Waals surface area contributed by atoms with Gasteiger partial charge in [0.2, 0.25) is 0 Å². The number of anilines is 2. The van der Waals surface area contributed by atoms with Crippen molar-refractivity contribution in [3.05, 3.63) is 24.3 Å². The minimum Gasteiger partial charge on any atom is -0.399 e. The van der Waals surface area contributed by atoms with Crippen molar-refractivity contribution in [2.24, 2.45) is 0 Å². The molecule has 1 amide bonds. The Balaban J connectivity index is 2.82. The SMILES string of the molecule is COCC(=O)N(CCN(C)C)c1ccc(N)cc1. The summed E-state index contributed by atoms with van der Waals surface area (Å²) in [6.45, 7) is 1.50. The van der Waals surface area contributed by atoms with Crippen LogP contribution in [0.4, 0.5) is 11.4 Å². The molecule has 0 unspecified atom stereocenters. The lowest BCUT2D eigenvalue weighted by molar-refractivity contribution is -0.122. The second-order valence-electron chi connectivity index (χ2n) is 4.37. The van der Waals surface area contributed by atoms with Crippen molar-refractivity contribution in [3.8, 4) is 0 Å². The smallest absolute Gasteiger partial charge is 0.252 e. The predicted octanol–water partition coefficient (Wildman–Crippen LogP) is 0.810. The molecule has 0 heterocycles. The minimum atomic E-state index is -0.0517. The molecule has 1 rings (SSSR count). The molecule has 0 aliphatic carbocycles. The maximum absolute atomic E-state index is 12.0. The largest absolute Gasteiger partial charge is 0.399 e. The molecule has 0 spiro atoms. The highest BCUT2D eigenvalue weighted by Gasteiger charge is 2.15. The first kappa shape index (κ1) is 14.5. The van der Waals surface area contributed by atoms with Crippen molar-refractivity contribution in [2.75, 3.05) is 51.5 Å². The summed E-state index contributed by atoms with van der Waals surface area (Å²) >= 11 is 0. The zero-order valence-corrected chi connectivity index (χ0v) is 11.2. The molecule has 5 nitrogen and oxygen atoms in total. The Bertz CT molecular complexity index is 376. The van der Waals surface area contributed by atoms with Crippen molar-refractivity contribution in [3.63, 3.8) is 0 Å². The molecule has 0 radical (unpaired) electrons. The van der Waals surface area contributed by atoms with Crippen LogP contribution in [0.3, 0.4) is 0 Å². The number of hydrogen-bond acceptors (Lipinski definition) is 4. The van der Waals surface area contributed by atoms with Crippen molar-refractivity contribution >= 4 is 17.3 Å². The lowest BCUT2D eigenvalue weighted by Gasteiger charge is -2.24. The predicted molar refractivity (Wildman–Crippen MR) is 73.6 cm³/mol. The van der Waals surface area contributed by atoms with E-state index in [2.05, 4.69) is 0 Å². The molecule has 1 aromatic rings. The lowest BCUT2D eigenvalue weighted by Crippen LogP contribution is -2.38. The van der Waals surface area contributed by atoms with Gasteiger partial charge in [0.15, 0.2) is 0 Å². The number of carbonyl (C=O) groups excluding carboxylic acids is 1. The van der Waals surface area contributed by atoms with Crippen LogP contribution in [0.15, 0.2) is 24.3 Å². The van der Waals surface area contributed by atoms with Crippen LogP contribution in [0.25, 0.3) is 0 Å². The molecule has 0 aliphatic rings. The molecule has 0 bridgehead atoms. The average molecular weight is 251 g/mol. The molecule has 18 heavy (non-hydrogen) atoms. The first-order valence-electron chi connectivity index (χ1n) is 5.84. The third kappa shape index (κ3) is 4.35. The standard InChI is InChI=1S/C13H21N3O2/c1-15(2)8-9-16(13(17)10-18-3)12-6-4-11(14)5-7-12/h4-7H,8-10,14H2,1-3H3. The summed E-state index contributed by atoms with van der Waals surface area (Å²) in [4.78, 5) is 15.7. The van der Waals surface area contributed by atoms with E-state index in [1.165, 1.54) is 7.11 Å². The molecule has 0 fully saturated rings. The number of nitrogen functional groups attached to an aromatic ring is 1. The van der Waals surface area contributed by atoms with Gasteiger partial charge in [0, 0.05) is 31.6 Å². The molecule has 0 saturated carbocycles. The quantitative estimate of drug-likeness (QED) is 0.760. The van der Waals surface area contributed by atoms with E-state index in [0.29, 0.717) is 12.2 Å². The first-order valence-corrected chi connectivity index (χ1v) is 5.84. The highest BCUT2D eigenvalue weighted by atomic mass is 16.5. The summed E-state index contributed by atoms with van der Waals surface area (Å²) in [6, 6.07) is 7.27. The Morgan fingerprint density at radius 1 is 1.22 bits per heavy atom. The van der Waals surface area contributed by atoms with E-state index in [0.717, 1.165) is 12.2 Å². The van der Waals surface area contributed by atoms with Gasteiger partial charge in [0.1, 0.15) is 6.61 Å². The van der Waals surface area contributed by atoms with Gasteiger partial charge in [0.05, 0.1) is 0 Å². The molecule has 0 aliphatic heterocycles. The molecule has 1 aromatic carbocycles. The Labute approximate surface area is 108 Å². The summed E-state index contributed by atoms with van der Waals surface area (Å²) in [5, 5.41) is 0.